The summed E-state index contributed by atoms with van der Waals surface area (Å²) in [4.78, 5) is 32.8. The van der Waals surface area contributed by atoms with E-state index in [9.17, 15) is 9.59 Å². The Hall–Kier alpha value is -3.01. The highest BCUT2D eigenvalue weighted by Crippen LogP contribution is 2.34. The van der Waals surface area contributed by atoms with Gasteiger partial charge in [-0.05, 0) is 30.7 Å². The molecule has 1 fully saturated rings. The van der Waals surface area contributed by atoms with Crippen molar-refractivity contribution < 1.29 is 9.53 Å². The van der Waals surface area contributed by atoms with Crippen molar-refractivity contribution in [3.8, 4) is 0 Å². The van der Waals surface area contributed by atoms with Gasteiger partial charge < -0.3 is 10.1 Å². The average molecular weight is 467 g/mol. The molecule has 0 aliphatic carbocycles. The molecule has 0 unspecified atom stereocenters. The lowest BCUT2D eigenvalue weighted by molar-refractivity contribution is -0.122. The first-order chi connectivity index (χ1) is 15.5. The molecule has 3 heterocycles. The molecule has 9 heteroatoms. The number of carbonyl (C=O) groups is 1. The number of fused-ring (bicyclic) bond motifs is 1. The number of amides is 1. The fourth-order valence-electron chi connectivity index (χ4n) is 3.28. The molecule has 0 radical (unpaired) electrons. The Kier molecular flexibility index (Phi) is 6.69. The van der Waals surface area contributed by atoms with Gasteiger partial charge in [-0.2, -0.15) is 0 Å². The minimum absolute atomic E-state index is 0.221. The van der Waals surface area contributed by atoms with Crippen LogP contribution >= 0.6 is 24.0 Å². The number of thiocarbonyl (C=S) groups is 1. The second-order valence-electron chi connectivity index (χ2n) is 7.28. The van der Waals surface area contributed by atoms with Gasteiger partial charge in [-0.15, -0.1) is 0 Å². The second-order valence-corrected chi connectivity index (χ2v) is 8.96. The van der Waals surface area contributed by atoms with E-state index in [1.54, 1.807) is 36.4 Å². The van der Waals surface area contributed by atoms with Crippen molar-refractivity contribution in [1.29, 1.82) is 0 Å². The third kappa shape index (κ3) is 4.59. The van der Waals surface area contributed by atoms with Crippen LogP contribution in [-0.2, 0) is 16.1 Å². The number of benzene rings is 1. The normalized spacial score (nSPS) is 15.2. The third-order valence-corrected chi connectivity index (χ3v) is 6.36. The number of pyridine rings is 1. The summed E-state index contributed by atoms with van der Waals surface area (Å²) in [7, 11) is 1.60. The number of carbonyl (C=O) groups excluding carboxylic acids is 1. The van der Waals surface area contributed by atoms with Crippen molar-refractivity contribution in [3.63, 3.8) is 0 Å². The fraction of sp³-hybridized carbons (Fsp3) is 0.217. The zero-order valence-corrected chi connectivity index (χ0v) is 19.3. The Bertz CT molecular complexity index is 1270. The lowest BCUT2D eigenvalue weighted by Crippen LogP contribution is -2.27. The highest BCUT2D eigenvalue weighted by Gasteiger charge is 2.32. The fourth-order valence-corrected chi connectivity index (χ4v) is 4.52. The summed E-state index contributed by atoms with van der Waals surface area (Å²) < 4.78 is 7.01. The molecule has 1 saturated heterocycles. The lowest BCUT2D eigenvalue weighted by atomic mass is 10.1. The lowest BCUT2D eigenvalue weighted by Gasteiger charge is -2.14. The zero-order chi connectivity index (χ0) is 22.7. The number of rotatable bonds is 7. The third-order valence-electron chi connectivity index (χ3n) is 4.98. The molecule has 0 bridgehead atoms. The van der Waals surface area contributed by atoms with Crippen molar-refractivity contribution >= 4 is 51.7 Å². The Morgan fingerprint density at radius 1 is 1.19 bits per heavy atom. The zero-order valence-electron chi connectivity index (χ0n) is 17.7. The molecule has 0 atom stereocenters. The Morgan fingerprint density at radius 3 is 2.72 bits per heavy atom. The van der Waals surface area contributed by atoms with E-state index in [1.165, 1.54) is 16.2 Å². The van der Waals surface area contributed by atoms with Crippen LogP contribution in [0.4, 0.5) is 5.82 Å². The van der Waals surface area contributed by atoms with Crippen LogP contribution in [0.15, 0.2) is 58.4 Å². The van der Waals surface area contributed by atoms with E-state index in [-0.39, 0.29) is 11.5 Å². The van der Waals surface area contributed by atoms with Crippen LogP contribution < -0.4 is 10.9 Å². The molecule has 1 aliphatic heterocycles. The van der Waals surface area contributed by atoms with E-state index in [1.807, 2.05) is 37.3 Å². The van der Waals surface area contributed by atoms with Gasteiger partial charge in [0, 0.05) is 19.9 Å². The summed E-state index contributed by atoms with van der Waals surface area (Å²) in [6, 6.07) is 13.3. The number of hydrogen-bond donors (Lipinski definition) is 1. The molecule has 1 amide bonds. The number of nitrogens with zero attached hydrogens (tertiary/aromatic N) is 3. The SMILES string of the molecule is COCCNc1nc2ccccn2c(=O)c1C=C1SC(=S)N(Cc2ccc(C)cc2)C1=O. The monoisotopic (exact) mass is 466 g/mol. The second kappa shape index (κ2) is 9.64. The summed E-state index contributed by atoms with van der Waals surface area (Å²) in [6.07, 6.45) is 3.24. The maximum atomic E-state index is 13.2. The quantitative estimate of drug-likeness (QED) is 0.325. The van der Waals surface area contributed by atoms with Gasteiger partial charge in [0.25, 0.3) is 11.5 Å². The van der Waals surface area contributed by atoms with Crippen LogP contribution in [0.25, 0.3) is 11.7 Å². The van der Waals surface area contributed by atoms with E-state index in [0.717, 1.165) is 11.1 Å². The predicted molar refractivity (Wildman–Crippen MR) is 132 cm³/mol. The molecule has 164 valence electrons. The van der Waals surface area contributed by atoms with Crippen LogP contribution in [0.3, 0.4) is 0 Å². The number of nitrogens with one attached hydrogen (secondary N) is 1. The number of methoxy groups -OCH3 is 1. The largest absolute Gasteiger partial charge is 0.383 e. The Balaban J connectivity index is 1.69. The van der Waals surface area contributed by atoms with Gasteiger partial charge in [0.15, 0.2) is 0 Å². The maximum absolute atomic E-state index is 13.2. The van der Waals surface area contributed by atoms with Crippen molar-refractivity contribution in [1.82, 2.24) is 14.3 Å². The maximum Gasteiger partial charge on any atom is 0.267 e. The highest BCUT2D eigenvalue weighted by molar-refractivity contribution is 8.26. The van der Waals surface area contributed by atoms with Gasteiger partial charge in [-0.25, -0.2) is 4.98 Å². The molecular formula is C23H22N4O3S2. The van der Waals surface area contributed by atoms with E-state index in [2.05, 4.69) is 10.3 Å². The van der Waals surface area contributed by atoms with Gasteiger partial charge in [-0.3, -0.25) is 18.9 Å². The minimum atomic E-state index is -0.265. The van der Waals surface area contributed by atoms with E-state index < -0.39 is 0 Å². The molecule has 2 aromatic heterocycles. The summed E-state index contributed by atoms with van der Waals surface area (Å²) in [5.74, 6) is 0.183. The summed E-state index contributed by atoms with van der Waals surface area (Å²) >= 11 is 6.65. The van der Waals surface area contributed by atoms with E-state index in [0.29, 0.717) is 46.0 Å². The Labute approximate surface area is 195 Å². The average Bonchev–Trinajstić information content (AvgIpc) is 3.05. The smallest absolute Gasteiger partial charge is 0.267 e. The number of aromatic nitrogens is 2. The predicted octanol–water partition coefficient (Wildman–Crippen LogP) is 3.46. The first-order valence-corrected chi connectivity index (χ1v) is 11.3. The Morgan fingerprint density at radius 2 is 1.97 bits per heavy atom. The van der Waals surface area contributed by atoms with Crippen LogP contribution in [-0.4, -0.2) is 44.8 Å². The molecule has 1 aliphatic rings. The van der Waals surface area contributed by atoms with Crippen LogP contribution in [0.1, 0.15) is 16.7 Å². The summed E-state index contributed by atoms with van der Waals surface area (Å²) in [5.41, 5.74) is 2.70. The number of anilines is 1. The molecule has 3 aromatic rings. The van der Waals surface area contributed by atoms with Crippen molar-refractivity contribution in [2.75, 3.05) is 25.6 Å². The van der Waals surface area contributed by atoms with Gasteiger partial charge in [0.05, 0.1) is 23.6 Å². The van der Waals surface area contributed by atoms with E-state index in [4.69, 9.17) is 17.0 Å². The number of hydrogen-bond acceptors (Lipinski definition) is 7. The molecule has 0 saturated carbocycles. The van der Waals surface area contributed by atoms with Crippen molar-refractivity contribution in [2.45, 2.75) is 13.5 Å². The molecule has 1 aromatic carbocycles. The first kappa shape index (κ1) is 22.2. The first-order valence-electron chi connectivity index (χ1n) is 10.0. The number of aryl methyl sites for hydroxylation is 1. The van der Waals surface area contributed by atoms with Gasteiger partial charge >= 0.3 is 0 Å². The molecule has 4 rings (SSSR count). The van der Waals surface area contributed by atoms with Crippen LogP contribution in [0.5, 0.6) is 0 Å². The van der Waals surface area contributed by atoms with Crippen molar-refractivity contribution in [2.24, 2.45) is 0 Å². The highest BCUT2D eigenvalue weighted by atomic mass is 32.2. The molecule has 32 heavy (non-hydrogen) atoms. The van der Waals surface area contributed by atoms with Gasteiger partial charge in [0.1, 0.15) is 15.8 Å². The number of ether oxygens (including phenoxy) is 1. The standard InChI is InChI=1S/C23H22N4O3S2/c1-15-6-8-16(9-7-15)14-27-22(29)18(32-23(27)31)13-17-20(24-10-12-30-2)25-19-5-3-4-11-26(19)21(17)28/h3-9,11,13,24H,10,12,14H2,1-2H3. The van der Waals surface area contributed by atoms with Gasteiger partial charge in [0.2, 0.25) is 0 Å². The molecular weight excluding hydrogens is 444 g/mol. The van der Waals surface area contributed by atoms with Gasteiger partial charge in [-0.1, -0.05) is 59.9 Å². The minimum Gasteiger partial charge on any atom is -0.383 e. The number of thioether (sulfide) groups is 1. The van der Waals surface area contributed by atoms with Crippen molar-refractivity contribution in [3.05, 3.63) is 80.6 Å². The molecule has 0 spiro atoms. The van der Waals surface area contributed by atoms with Crippen LogP contribution in [0, 0.1) is 6.92 Å². The van der Waals surface area contributed by atoms with E-state index >= 15 is 0 Å². The summed E-state index contributed by atoms with van der Waals surface area (Å²) in [5, 5.41) is 3.14. The molecule has 1 N–H and O–H groups in total. The topological polar surface area (TPSA) is 75.9 Å². The molecule has 7 nitrogen and oxygen atoms in total. The summed E-state index contributed by atoms with van der Waals surface area (Å²) in [6.45, 7) is 3.33. The van der Waals surface area contributed by atoms with Crippen LogP contribution in [0.2, 0.25) is 0 Å².